The van der Waals surface area contributed by atoms with Gasteiger partial charge in [0.05, 0.1) is 0 Å². The molecule has 6 heteroatoms. The molecule has 0 radical (unpaired) electrons. The van der Waals surface area contributed by atoms with Crippen molar-refractivity contribution in [3.63, 3.8) is 0 Å². The standard InChI is InChI=1S/C26H20FN3O2/c27-19-12-10-18(11-13-19)23-24(32)29(16-17-6-2-1-3-7-17)25-26(15-14-22(31)30(23)26)20-8-4-5-9-21(20)28-25/h1-15,23,25,28H,16H2. The van der Waals surface area contributed by atoms with E-state index in [0.717, 1.165) is 16.8 Å². The molecule has 1 fully saturated rings. The number of hydrogen-bond donors (Lipinski definition) is 1. The molecular weight excluding hydrogens is 405 g/mol. The number of piperazine rings is 1. The Morgan fingerprint density at radius 3 is 2.41 bits per heavy atom. The zero-order valence-electron chi connectivity index (χ0n) is 17.1. The first-order valence-electron chi connectivity index (χ1n) is 10.6. The Morgan fingerprint density at radius 2 is 1.62 bits per heavy atom. The van der Waals surface area contributed by atoms with Crippen LogP contribution in [0.15, 0.2) is 91.0 Å². The number of fused-ring (bicyclic) bond motifs is 1. The monoisotopic (exact) mass is 425 g/mol. The second-order valence-corrected chi connectivity index (χ2v) is 8.37. The Bertz CT molecular complexity index is 1260. The van der Waals surface area contributed by atoms with Gasteiger partial charge in [0.2, 0.25) is 5.91 Å². The maximum atomic E-state index is 14.0. The topological polar surface area (TPSA) is 52.7 Å². The molecule has 3 unspecified atom stereocenters. The van der Waals surface area contributed by atoms with Gasteiger partial charge in [-0.25, -0.2) is 4.39 Å². The van der Waals surface area contributed by atoms with E-state index in [2.05, 4.69) is 5.32 Å². The Kier molecular flexibility index (Phi) is 3.99. The Balaban J connectivity index is 1.55. The summed E-state index contributed by atoms with van der Waals surface area (Å²) in [6.07, 6.45) is 3.00. The minimum atomic E-state index is -0.856. The molecule has 3 aliphatic rings. The van der Waals surface area contributed by atoms with Crippen LogP contribution in [-0.4, -0.2) is 27.8 Å². The van der Waals surface area contributed by atoms with Gasteiger partial charge in [0.25, 0.3) is 5.91 Å². The summed E-state index contributed by atoms with van der Waals surface area (Å²) in [6.45, 7) is 0.390. The van der Waals surface area contributed by atoms with Gasteiger partial charge in [-0.1, -0.05) is 60.7 Å². The summed E-state index contributed by atoms with van der Waals surface area (Å²) >= 11 is 0. The summed E-state index contributed by atoms with van der Waals surface area (Å²) in [6, 6.07) is 22.6. The van der Waals surface area contributed by atoms with Crippen molar-refractivity contribution in [2.24, 2.45) is 0 Å². The minimum Gasteiger partial charge on any atom is -0.362 e. The van der Waals surface area contributed by atoms with Gasteiger partial charge in [-0.2, -0.15) is 0 Å². The van der Waals surface area contributed by atoms with E-state index in [1.807, 2.05) is 65.6 Å². The van der Waals surface area contributed by atoms with E-state index in [1.165, 1.54) is 12.1 Å². The summed E-state index contributed by atoms with van der Waals surface area (Å²) in [7, 11) is 0. The van der Waals surface area contributed by atoms with Crippen molar-refractivity contribution in [1.29, 1.82) is 0 Å². The van der Waals surface area contributed by atoms with E-state index in [-0.39, 0.29) is 17.6 Å². The molecule has 2 amide bonds. The lowest BCUT2D eigenvalue weighted by atomic mass is 9.82. The zero-order chi connectivity index (χ0) is 21.9. The summed E-state index contributed by atoms with van der Waals surface area (Å²) in [5.74, 6) is -0.807. The maximum absolute atomic E-state index is 14.0. The van der Waals surface area contributed by atoms with Crippen LogP contribution in [0.1, 0.15) is 22.7 Å². The molecule has 3 atom stereocenters. The van der Waals surface area contributed by atoms with Crippen LogP contribution >= 0.6 is 0 Å². The van der Waals surface area contributed by atoms with E-state index in [9.17, 15) is 14.0 Å². The van der Waals surface area contributed by atoms with Crippen LogP contribution in [-0.2, 0) is 21.7 Å². The first-order valence-corrected chi connectivity index (χ1v) is 10.6. The van der Waals surface area contributed by atoms with Crippen molar-refractivity contribution in [1.82, 2.24) is 9.80 Å². The van der Waals surface area contributed by atoms with E-state index in [0.29, 0.717) is 12.1 Å². The van der Waals surface area contributed by atoms with E-state index < -0.39 is 17.7 Å². The molecule has 0 aliphatic carbocycles. The average Bonchev–Trinajstić information content (AvgIpc) is 3.33. The molecule has 6 rings (SSSR count). The molecule has 0 aromatic heterocycles. The predicted octanol–water partition coefficient (Wildman–Crippen LogP) is 3.95. The number of para-hydroxylation sites is 1. The lowest BCUT2D eigenvalue weighted by molar-refractivity contribution is -0.163. The molecule has 1 spiro atoms. The molecule has 0 saturated carbocycles. The van der Waals surface area contributed by atoms with Crippen LogP contribution in [0.3, 0.4) is 0 Å². The van der Waals surface area contributed by atoms with Crippen molar-refractivity contribution < 1.29 is 14.0 Å². The van der Waals surface area contributed by atoms with E-state index >= 15 is 0 Å². The van der Waals surface area contributed by atoms with Crippen LogP contribution in [0.2, 0.25) is 0 Å². The third-order valence-electron chi connectivity index (χ3n) is 6.65. The highest BCUT2D eigenvalue weighted by Crippen LogP contribution is 2.54. The van der Waals surface area contributed by atoms with Crippen LogP contribution < -0.4 is 5.32 Å². The minimum absolute atomic E-state index is 0.196. The normalized spacial score (nSPS) is 25.4. The van der Waals surface area contributed by atoms with Gasteiger partial charge in [0, 0.05) is 23.9 Å². The number of carbonyl (C=O) groups excluding carboxylic acids is 2. The van der Waals surface area contributed by atoms with Gasteiger partial charge in [-0.15, -0.1) is 0 Å². The van der Waals surface area contributed by atoms with E-state index in [1.54, 1.807) is 23.1 Å². The van der Waals surface area contributed by atoms with Crippen molar-refractivity contribution >= 4 is 17.5 Å². The zero-order valence-corrected chi connectivity index (χ0v) is 17.1. The molecule has 1 saturated heterocycles. The molecular formula is C26H20FN3O2. The lowest BCUT2D eigenvalue weighted by Gasteiger charge is -2.52. The van der Waals surface area contributed by atoms with Gasteiger partial charge >= 0.3 is 0 Å². The second-order valence-electron chi connectivity index (χ2n) is 8.37. The molecule has 3 heterocycles. The summed E-state index contributed by atoms with van der Waals surface area (Å²) < 4.78 is 13.7. The highest BCUT2D eigenvalue weighted by atomic mass is 19.1. The quantitative estimate of drug-likeness (QED) is 0.691. The summed E-state index contributed by atoms with van der Waals surface area (Å²) in [4.78, 5) is 30.6. The molecule has 3 aromatic rings. The maximum Gasteiger partial charge on any atom is 0.252 e. The Hall–Kier alpha value is -3.93. The summed E-state index contributed by atoms with van der Waals surface area (Å²) in [5, 5.41) is 3.50. The number of halogens is 1. The number of amides is 2. The molecule has 3 aliphatic heterocycles. The number of nitrogens with one attached hydrogen (secondary N) is 1. The van der Waals surface area contributed by atoms with Crippen LogP contribution in [0.5, 0.6) is 0 Å². The third-order valence-corrected chi connectivity index (χ3v) is 6.65. The van der Waals surface area contributed by atoms with Crippen LogP contribution in [0.25, 0.3) is 0 Å². The number of carbonyl (C=O) groups is 2. The number of anilines is 1. The molecule has 1 N–H and O–H groups in total. The molecule has 0 bridgehead atoms. The fraction of sp³-hybridized carbons (Fsp3) is 0.154. The highest BCUT2D eigenvalue weighted by Gasteiger charge is 2.63. The lowest BCUT2D eigenvalue weighted by Crippen LogP contribution is -2.67. The predicted molar refractivity (Wildman–Crippen MR) is 118 cm³/mol. The van der Waals surface area contributed by atoms with Gasteiger partial charge in [-0.05, 0) is 35.4 Å². The first-order chi connectivity index (χ1) is 15.6. The molecule has 3 aromatic carbocycles. The van der Waals surface area contributed by atoms with Crippen molar-refractivity contribution in [2.45, 2.75) is 24.3 Å². The van der Waals surface area contributed by atoms with Gasteiger partial charge in [-0.3, -0.25) is 9.59 Å². The number of nitrogens with zero attached hydrogens (tertiary/aromatic N) is 2. The number of hydrogen-bond acceptors (Lipinski definition) is 3. The SMILES string of the molecule is O=C1C(c2ccc(F)cc2)N2C(=O)C=CC23c2ccccc2NC3N1Cc1ccccc1. The average molecular weight is 425 g/mol. The third kappa shape index (κ3) is 2.49. The molecule has 158 valence electrons. The number of benzene rings is 3. The van der Waals surface area contributed by atoms with E-state index in [4.69, 9.17) is 0 Å². The second kappa shape index (κ2) is 6.79. The van der Waals surface area contributed by atoms with Crippen LogP contribution in [0.4, 0.5) is 10.1 Å². The molecule has 32 heavy (non-hydrogen) atoms. The largest absolute Gasteiger partial charge is 0.362 e. The Morgan fingerprint density at radius 1 is 0.906 bits per heavy atom. The molecule has 5 nitrogen and oxygen atoms in total. The van der Waals surface area contributed by atoms with Crippen molar-refractivity contribution in [2.75, 3.05) is 5.32 Å². The smallest absolute Gasteiger partial charge is 0.252 e. The van der Waals surface area contributed by atoms with Gasteiger partial charge in [0.15, 0.2) is 0 Å². The summed E-state index contributed by atoms with van der Waals surface area (Å²) in [5.41, 5.74) is 2.59. The van der Waals surface area contributed by atoms with Crippen molar-refractivity contribution in [3.8, 4) is 0 Å². The van der Waals surface area contributed by atoms with Crippen LogP contribution in [0, 0.1) is 5.82 Å². The number of rotatable bonds is 3. The highest BCUT2D eigenvalue weighted by molar-refractivity contribution is 6.00. The first kappa shape index (κ1) is 18.8. The van der Waals surface area contributed by atoms with Crippen molar-refractivity contribution in [3.05, 3.63) is 114 Å². The fourth-order valence-electron chi connectivity index (χ4n) is 5.28. The fourth-order valence-corrected chi connectivity index (χ4v) is 5.28. The Labute approximate surface area is 184 Å². The van der Waals surface area contributed by atoms with Gasteiger partial charge in [0.1, 0.15) is 23.6 Å². The van der Waals surface area contributed by atoms with Gasteiger partial charge < -0.3 is 15.1 Å².